The molecule has 0 atom stereocenters. The van der Waals surface area contributed by atoms with Crippen LogP contribution in [0.2, 0.25) is 5.02 Å². The average Bonchev–Trinajstić information content (AvgIpc) is 3.24. The van der Waals surface area contributed by atoms with E-state index in [4.69, 9.17) is 22.1 Å². The molecule has 130 valence electrons. The Morgan fingerprint density at radius 3 is 2.96 bits per heavy atom. The Labute approximate surface area is 153 Å². The van der Waals surface area contributed by atoms with E-state index < -0.39 is 0 Å². The second-order valence-electron chi connectivity index (χ2n) is 5.10. The number of halogens is 1. The van der Waals surface area contributed by atoms with Gasteiger partial charge in [0, 0.05) is 36.4 Å². The lowest BCUT2D eigenvalue weighted by Gasteiger charge is -2.14. The molecule has 0 aliphatic carbocycles. The van der Waals surface area contributed by atoms with Crippen LogP contribution in [-0.2, 0) is 7.05 Å². The fraction of sp³-hybridized carbons (Fsp3) is 0.188. The zero-order valence-electron chi connectivity index (χ0n) is 13.4. The zero-order valence-corrected chi connectivity index (χ0v) is 15.0. The molecule has 0 fully saturated rings. The first kappa shape index (κ1) is 17.4. The number of aryl methyl sites for hydroxylation is 1. The topological polar surface area (TPSA) is 95.1 Å². The molecule has 0 spiro atoms. The van der Waals surface area contributed by atoms with Crippen LogP contribution < -0.4 is 15.8 Å². The van der Waals surface area contributed by atoms with Gasteiger partial charge in [-0.1, -0.05) is 11.6 Å². The first-order valence-corrected chi connectivity index (χ1v) is 8.71. The van der Waals surface area contributed by atoms with Crippen molar-refractivity contribution >= 4 is 34.5 Å². The molecule has 3 aromatic rings. The van der Waals surface area contributed by atoms with Gasteiger partial charge in [0.05, 0.1) is 16.9 Å². The van der Waals surface area contributed by atoms with Crippen LogP contribution in [0, 0.1) is 0 Å². The number of nitrogens with one attached hydrogen (secondary N) is 1. The van der Waals surface area contributed by atoms with Crippen LogP contribution in [0.25, 0.3) is 11.3 Å². The number of hydrogen-bond acceptors (Lipinski definition) is 6. The highest BCUT2D eigenvalue weighted by Crippen LogP contribution is 2.36. The van der Waals surface area contributed by atoms with Crippen LogP contribution in [0.15, 0.2) is 36.0 Å². The van der Waals surface area contributed by atoms with E-state index in [1.54, 1.807) is 47.7 Å². The molecule has 0 aliphatic rings. The quantitative estimate of drug-likeness (QED) is 0.688. The number of carbonyl (C=O) groups excluding carboxylic acids is 1. The van der Waals surface area contributed by atoms with Gasteiger partial charge in [0.15, 0.2) is 5.01 Å². The third-order valence-electron chi connectivity index (χ3n) is 3.39. The van der Waals surface area contributed by atoms with Crippen LogP contribution in [0.4, 0.5) is 5.69 Å². The van der Waals surface area contributed by atoms with Gasteiger partial charge in [0.25, 0.3) is 5.91 Å². The molecule has 9 heteroatoms. The minimum atomic E-state index is -0.271. The Bertz CT molecular complexity index is 859. The van der Waals surface area contributed by atoms with Crippen LogP contribution >= 0.6 is 22.9 Å². The Morgan fingerprint density at radius 2 is 2.32 bits per heavy atom. The van der Waals surface area contributed by atoms with Crippen molar-refractivity contribution < 1.29 is 9.53 Å². The summed E-state index contributed by atoms with van der Waals surface area (Å²) in [6.45, 7) is 0.758. The van der Waals surface area contributed by atoms with Crippen molar-refractivity contribution in [3.63, 3.8) is 0 Å². The highest BCUT2D eigenvalue weighted by molar-refractivity contribution is 7.11. The van der Waals surface area contributed by atoms with Crippen molar-refractivity contribution in [1.29, 1.82) is 0 Å². The van der Waals surface area contributed by atoms with E-state index in [2.05, 4.69) is 15.4 Å². The molecular weight excluding hydrogens is 362 g/mol. The molecule has 0 saturated heterocycles. The normalized spacial score (nSPS) is 10.7. The van der Waals surface area contributed by atoms with Gasteiger partial charge in [0.2, 0.25) is 0 Å². The monoisotopic (exact) mass is 377 g/mol. The minimum Gasteiger partial charge on any atom is -0.492 e. The van der Waals surface area contributed by atoms with E-state index in [-0.39, 0.29) is 5.91 Å². The van der Waals surface area contributed by atoms with Gasteiger partial charge < -0.3 is 15.8 Å². The summed E-state index contributed by atoms with van der Waals surface area (Å²) in [6, 6.07) is 5.32. The number of nitrogens with zero attached hydrogens (tertiary/aromatic N) is 3. The number of thiazole rings is 1. The Kier molecular flexibility index (Phi) is 5.32. The number of carbonyl (C=O) groups is 1. The molecule has 1 amide bonds. The van der Waals surface area contributed by atoms with Gasteiger partial charge >= 0.3 is 0 Å². The number of benzene rings is 1. The summed E-state index contributed by atoms with van der Waals surface area (Å²) in [7, 11) is 1.79. The molecule has 25 heavy (non-hydrogen) atoms. The molecular formula is C16H16ClN5O2S. The van der Waals surface area contributed by atoms with E-state index in [0.717, 1.165) is 5.56 Å². The average molecular weight is 378 g/mol. The smallest absolute Gasteiger partial charge is 0.284 e. The summed E-state index contributed by atoms with van der Waals surface area (Å²) in [5.74, 6) is 0.343. The molecule has 3 rings (SSSR count). The van der Waals surface area contributed by atoms with Gasteiger partial charge in [-0.15, -0.1) is 11.3 Å². The van der Waals surface area contributed by atoms with Crippen molar-refractivity contribution in [2.24, 2.45) is 12.8 Å². The Hall–Kier alpha value is -2.42. The fourth-order valence-electron chi connectivity index (χ4n) is 2.32. The van der Waals surface area contributed by atoms with Gasteiger partial charge in [-0.05, 0) is 18.2 Å². The standard InChI is InChI=1S/C16H16ClN5O2S/c1-22-14(12(17)9-20-22)11-8-10(2-3-13(11)24-6-4-18)21-15(23)16-19-5-7-25-16/h2-3,5,7-9H,4,6,18H2,1H3,(H,21,23). The SMILES string of the molecule is Cn1ncc(Cl)c1-c1cc(NC(=O)c2nccs2)ccc1OCCN. The van der Waals surface area contributed by atoms with E-state index >= 15 is 0 Å². The maximum absolute atomic E-state index is 12.2. The first-order valence-electron chi connectivity index (χ1n) is 7.45. The molecule has 0 saturated carbocycles. The van der Waals surface area contributed by atoms with E-state index in [9.17, 15) is 4.79 Å². The van der Waals surface area contributed by atoms with Crippen molar-refractivity contribution in [3.8, 4) is 17.0 Å². The third kappa shape index (κ3) is 3.81. The molecule has 2 heterocycles. The summed E-state index contributed by atoms with van der Waals surface area (Å²) in [6.07, 6.45) is 3.15. The van der Waals surface area contributed by atoms with Gasteiger partial charge in [0.1, 0.15) is 12.4 Å². The summed E-state index contributed by atoms with van der Waals surface area (Å²) in [5, 5.41) is 9.61. The zero-order chi connectivity index (χ0) is 17.8. The number of amides is 1. The maximum Gasteiger partial charge on any atom is 0.284 e. The largest absolute Gasteiger partial charge is 0.492 e. The second-order valence-corrected chi connectivity index (χ2v) is 6.41. The summed E-state index contributed by atoms with van der Waals surface area (Å²) >= 11 is 7.54. The predicted octanol–water partition coefficient (Wildman–Crippen LogP) is 2.79. The number of anilines is 1. The van der Waals surface area contributed by atoms with Crippen LogP contribution in [0.1, 0.15) is 9.80 Å². The van der Waals surface area contributed by atoms with E-state index in [1.165, 1.54) is 11.3 Å². The molecule has 0 bridgehead atoms. The molecule has 3 N–H and O–H groups in total. The second kappa shape index (κ2) is 7.64. The molecule has 0 aliphatic heterocycles. The number of nitrogens with two attached hydrogens (primary N) is 1. The summed E-state index contributed by atoms with van der Waals surface area (Å²) < 4.78 is 7.36. The third-order valence-corrected chi connectivity index (χ3v) is 4.44. The van der Waals surface area contributed by atoms with Crippen molar-refractivity contribution in [2.75, 3.05) is 18.5 Å². The maximum atomic E-state index is 12.2. The summed E-state index contributed by atoms with van der Waals surface area (Å²) in [5.41, 5.74) is 7.54. The highest BCUT2D eigenvalue weighted by atomic mass is 35.5. The van der Waals surface area contributed by atoms with Gasteiger partial charge in [-0.2, -0.15) is 5.10 Å². The lowest BCUT2D eigenvalue weighted by atomic mass is 10.1. The predicted molar refractivity (Wildman–Crippen MR) is 98.3 cm³/mol. The molecule has 7 nitrogen and oxygen atoms in total. The highest BCUT2D eigenvalue weighted by Gasteiger charge is 2.17. The molecule has 1 aromatic carbocycles. The van der Waals surface area contributed by atoms with Crippen molar-refractivity contribution in [1.82, 2.24) is 14.8 Å². The lowest BCUT2D eigenvalue weighted by molar-refractivity contribution is 0.102. The molecule has 2 aromatic heterocycles. The Balaban J connectivity index is 1.97. The van der Waals surface area contributed by atoms with Crippen molar-refractivity contribution in [2.45, 2.75) is 0 Å². The lowest BCUT2D eigenvalue weighted by Crippen LogP contribution is -2.13. The van der Waals surface area contributed by atoms with Crippen LogP contribution in [-0.4, -0.2) is 33.8 Å². The first-order chi connectivity index (χ1) is 12.1. The van der Waals surface area contributed by atoms with Gasteiger partial charge in [-0.3, -0.25) is 9.48 Å². The van der Waals surface area contributed by atoms with Crippen molar-refractivity contribution in [3.05, 3.63) is 46.0 Å². The minimum absolute atomic E-state index is 0.271. The number of aromatic nitrogens is 3. The van der Waals surface area contributed by atoms with E-state index in [0.29, 0.717) is 40.3 Å². The van der Waals surface area contributed by atoms with Crippen LogP contribution in [0.5, 0.6) is 5.75 Å². The van der Waals surface area contributed by atoms with Crippen LogP contribution in [0.3, 0.4) is 0 Å². The molecule has 0 unspecified atom stereocenters. The fourth-order valence-corrected chi connectivity index (χ4v) is 3.12. The van der Waals surface area contributed by atoms with Gasteiger partial charge in [-0.25, -0.2) is 4.98 Å². The number of rotatable bonds is 6. The number of hydrogen-bond donors (Lipinski definition) is 2. The molecule has 0 radical (unpaired) electrons. The summed E-state index contributed by atoms with van der Waals surface area (Å²) in [4.78, 5) is 16.2. The number of ether oxygens (including phenoxy) is 1. The van der Waals surface area contributed by atoms with E-state index in [1.807, 2.05) is 0 Å². The Morgan fingerprint density at radius 1 is 1.48 bits per heavy atom.